The minimum atomic E-state index is -0.946. The zero-order valence-electron chi connectivity index (χ0n) is 14.8. The van der Waals surface area contributed by atoms with Crippen LogP contribution in [0.2, 0.25) is 0 Å². The number of carbonyl (C=O) groups excluding carboxylic acids is 1. The molecule has 0 unspecified atom stereocenters. The molecular weight excluding hydrogens is 314 g/mol. The second kappa shape index (κ2) is 6.36. The van der Waals surface area contributed by atoms with Crippen LogP contribution in [0.3, 0.4) is 0 Å². The summed E-state index contributed by atoms with van der Waals surface area (Å²) in [7, 11) is 0. The van der Waals surface area contributed by atoms with Crippen LogP contribution in [0.5, 0.6) is 0 Å². The predicted octanol–water partition coefficient (Wildman–Crippen LogP) is 4.10. The van der Waals surface area contributed by atoms with Gasteiger partial charge in [0.2, 0.25) is 0 Å². The summed E-state index contributed by atoms with van der Waals surface area (Å²) in [6.45, 7) is 6.26. The Morgan fingerprint density at radius 2 is 1.84 bits per heavy atom. The number of benzene rings is 2. The van der Waals surface area contributed by atoms with E-state index in [4.69, 9.17) is 0 Å². The van der Waals surface area contributed by atoms with Crippen molar-refractivity contribution in [3.05, 3.63) is 70.3 Å². The summed E-state index contributed by atoms with van der Waals surface area (Å²) in [6.07, 6.45) is 1.64. The largest absolute Gasteiger partial charge is 0.478 e. The molecule has 0 fully saturated rings. The van der Waals surface area contributed by atoms with Crippen LogP contribution in [-0.4, -0.2) is 17.0 Å². The van der Waals surface area contributed by atoms with E-state index in [9.17, 15) is 14.7 Å². The summed E-state index contributed by atoms with van der Waals surface area (Å²) in [5, 5.41) is 12.3. The molecular formula is C21H23NO3. The van der Waals surface area contributed by atoms with Gasteiger partial charge in [0.25, 0.3) is 5.91 Å². The van der Waals surface area contributed by atoms with Crippen LogP contribution in [0, 0.1) is 0 Å². The molecule has 0 bridgehead atoms. The van der Waals surface area contributed by atoms with Gasteiger partial charge in [-0.1, -0.05) is 45.0 Å². The number of carbonyl (C=O) groups is 2. The fourth-order valence-corrected chi connectivity index (χ4v) is 3.46. The number of hydrogen-bond donors (Lipinski definition) is 2. The Balaban J connectivity index is 1.88. The maximum atomic E-state index is 12.9. The summed E-state index contributed by atoms with van der Waals surface area (Å²) >= 11 is 0. The predicted molar refractivity (Wildman–Crippen MR) is 97.1 cm³/mol. The molecule has 0 saturated carbocycles. The average Bonchev–Trinajstić information content (AvgIpc) is 2.96. The maximum absolute atomic E-state index is 12.9. The average molecular weight is 337 g/mol. The number of fused-ring (bicyclic) bond motifs is 1. The number of aryl methyl sites for hydroxylation is 1. The van der Waals surface area contributed by atoms with Crippen LogP contribution in [0.1, 0.15) is 70.6 Å². The summed E-state index contributed by atoms with van der Waals surface area (Å²) in [5.41, 5.74) is 3.84. The first-order valence-electron chi connectivity index (χ1n) is 8.54. The van der Waals surface area contributed by atoms with Gasteiger partial charge in [-0.15, -0.1) is 0 Å². The first-order chi connectivity index (χ1) is 11.8. The molecule has 4 nitrogen and oxygen atoms in total. The van der Waals surface area contributed by atoms with Crippen LogP contribution in [0.15, 0.2) is 42.5 Å². The van der Waals surface area contributed by atoms with Gasteiger partial charge in [0, 0.05) is 5.56 Å². The van der Waals surface area contributed by atoms with E-state index in [1.807, 2.05) is 30.3 Å². The van der Waals surface area contributed by atoms with Crippen LogP contribution in [-0.2, 0) is 11.8 Å². The van der Waals surface area contributed by atoms with Gasteiger partial charge >= 0.3 is 5.97 Å². The van der Waals surface area contributed by atoms with Gasteiger partial charge in [0.1, 0.15) is 0 Å². The molecule has 1 aliphatic rings. The molecule has 0 radical (unpaired) electrons. The monoisotopic (exact) mass is 337 g/mol. The fourth-order valence-electron chi connectivity index (χ4n) is 3.46. The number of carboxylic acids is 1. The molecule has 0 saturated heterocycles. The van der Waals surface area contributed by atoms with Crippen molar-refractivity contribution in [2.24, 2.45) is 0 Å². The normalized spacial score (nSPS) is 16.4. The molecule has 2 aromatic carbocycles. The molecule has 2 aromatic rings. The van der Waals surface area contributed by atoms with Crippen molar-refractivity contribution in [2.75, 3.05) is 0 Å². The number of nitrogens with one attached hydrogen (secondary N) is 1. The van der Waals surface area contributed by atoms with Crippen LogP contribution in [0.25, 0.3) is 0 Å². The highest BCUT2D eigenvalue weighted by atomic mass is 16.4. The molecule has 3 rings (SSSR count). The van der Waals surface area contributed by atoms with Crippen molar-refractivity contribution >= 4 is 11.9 Å². The molecule has 1 atom stereocenters. The molecule has 0 heterocycles. The minimum absolute atomic E-state index is 0.107. The van der Waals surface area contributed by atoms with Crippen molar-refractivity contribution in [1.82, 2.24) is 5.32 Å². The second-order valence-corrected chi connectivity index (χ2v) is 7.58. The molecule has 4 heteroatoms. The van der Waals surface area contributed by atoms with E-state index >= 15 is 0 Å². The van der Waals surface area contributed by atoms with Gasteiger partial charge in [-0.2, -0.15) is 0 Å². The van der Waals surface area contributed by atoms with Crippen molar-refractivity contribution in [1.29, 1.82) is 0 Å². The number of rotatable bonds is 3. The Hall–Kier alpha value is -2.62. The lowest BCUT2D eigenvalue weighted by molar-refractivity contribution is 0.0696. The summed E-state index contributed by atoms with van der Waals surface area (Å²) < 4.78 is 0. The number of amides is 1. The Labute approximate surface area is 147 Å². The topological polar surface area (TPSA) is 66.4 Å². The lowest BCUT2D eigenvalue weighted by atomic mass is 9.83. The van der Waals surface area contributed by atoms with Crippen molar-refractivity contribution < 1.29 is 14.7 Å². The van der Waals surface area contributed by atoms with E-state index in [0.717, 1.165) is 29.5 Å². The van der Waals surface area contributed by atoms with Gasteiger partial charge in [-0.05, 0) is 53.1 Å². The van der Waals surface area contributed by atoms with Crippen molar-refractivity contribution in [3.63, 3.8) is 0 Å². The summed E-state index contributed by atoms with van der Waals surface area (Å²) in [4.78, 5) is 24.1. The van der Waals surface area contributed by atoms with Crippen molar-refractivity contribution in [3.8, 4) is 0 Å². The third kappa shape index (κ3) is 3.43. The highest BCUT2D eigenvalue weighted by Crippen LogP contribution is 2.33. The summed E-state index contributed by atoms with van der Waals surface area (Å²) in [6, 6.07) is 12.7. The Bertz CT molecular complexity index is 833. The lowest BCUT2D eigenvalue weighted by Gasteiger charge is -2.23. The van der Waals surface area contributed by atoms with Crippen molar-refractivity contribution in [2.45, 2.75) is 45.1 Å². The van der Waals surface area contributed by atoms with E-state index in [1.165, 1.54) is 0 Å². The lowest BCUT2D eigenvalue weighted by Crippen LogP contribution is -2.30. The zero-order chi connectivity index (χ0) is 18.2. The van der Waals surface area contributed by atoms with E-state index in [2.05, 4.69) is 26.1 Å². The van der Waals surface area contributed by atoms with Gasteiger partial charge in [-0.25, -0.2) is 4.79 Å². The minimum Gasteiger partial charge on any atom is -0.478 e. The zero-order valence-corrected chi connectivity index (χ0v) is 14.8. The SMILES string of the molecule is CC(C)(C)c1ccccc1C(=O)N[C@@H]1CCc2ccc(C(=O)O)cc21. The van der Waals surface area contributed by atoms with Gasteiger partial charge in [0.15, 0.2) is 0 Å². The third-order valence-corrected chi connectivity index (χ3v) is 4.76. The van der Waals surface area contributed by atoms with Gasteiger partial charge in [-0.3, -0.25) is 4.79 Å². The van der Waals surface area contributed by atoms with Crippen LogP contribution in [0.4, 0.5) is 0 Å². The first-order valence-corrected chi connectivity index (χ1v) is 8.54. The molecule has 0 aromatic heterocycles. The molecule has 0 aliphatic heterocycles. The van der Waals surface area contributed by atoms with E-state index in [-0.39, 0.29) is 22.9 Å². The highest BCUT2D eigenvalue weighted by molar-refractivity contribution is 5.96. The molecule has 1 amide bonds. The molecule has 2 N–H and O–H groups in total. The fraction of sp³-hybridized carbons (Fsp3) is 0.333. The van der Waals surface area contributed by atoms with Gasteiger partial charge < -0.3 is 10.4 Å². The number of aromatic carboxylic acids is 1. The first kappa shape index (κ1) is 17.2. The Morgan fingerprint density at radius 1 is 1.12 bits per heavy atom. The maximum Gasteiger partial charge on any atom is 0.335 e. The second-order valence-electron chi connectivity index (χ2n) is 7.58. The number of carboxylic acid groups (broad SMARTS) is 1. The van der Waals surface area contributed by atoms with E-state index < -0.39 is 5.97 Å². The standard InChI is InChI=1S/C21H23NO3/c1-21(2,3)17-7-5-4-6-15(17)19(23)22-18-11-10-13-8-9-14(20(24)25)12-16(13)18/h4-9,12,18H,10-11H2,1-3H3,(H,22,23)(H,24,25)/t18-/m1/s1. The van der Waals surface area contributed by atoms with Crippen LogP contribution < -0.4 is 5.32 Å². The number of hydrogen-bond acceptors (Lipinski definition) is 2. The quantitative estimate of drug-likeness (QED) is 0.886. The highest BCUT2D eigenvalue weighted by Gasteiger charge is 2.27. The smallest absolute Gasteiger partial charge is 0.335 e. The third-order valence-electron chi connectivity index (χ3n) is 4.76. The van der Waals surface area contributed by atoms with Crippen LogP contribution >= 0.6 is 0 Å². The molecule has 1 aliphatic carbocycles. The van der Waals surface area contributed by atoms with E-state index in [1.54, 1.807) is 12.1 Å². The van der Waals surface area contributed by atoms with E-state index in [0.29, 0.717) is 5.56 Å². The molecule has 25 heavy (non-hydrogen) atoms. The Kier molecular flexibility index (Phi) is 4.38. The van der Waals surface area contributed by atoms with Gasteiger partial charge in [0.05, 0.1) is 11.6 Å². The Morgan fingerprint density at radius 3 is 2.52 bits per heavy atom. The summed E-state index contributed by atoms with van der Waals surface area (Å²) in [5.74, 6) is -1.05. The molecule has 0 spiro atoms. The molecule has 130 valence electrons.